The monoisotopic (exact) mass is 419 g/mol. The van der Waals surface area contributed by atoms with Crippen LogP contribution in [0, 0.1) is 0 Å². The molecule has 7 nitrogen and oxygen atoms in total. The molecular weight excluding hydrogens is 390 g/mol. The Hall–Kier alpha value is -2.06. The van der Waals surface area contributed by atoms with E-state index >= 15 is 0 Å². The molecule has 2 aliphatic rings. The van der Waals surface area contributed by atoms with Gasteiger partial charge in [0.15, 0.2) is 0 Å². The normalized spacial score (nSPS) is 22.5. The molecular formula is C21H29N3O4S. The first-order chi connectivity index (χ1) is 13.7. The minimum Gasteiger partial charge on any atom is -0.464 e. The van der Waals surface area contributed by atoms with Crippen molar-refractivity contribution in [3.8, 4) is 0 Å². The summed E-state index contributed by atoms with van der Waals surface area (Å²) in [6.07, 6.45) is 5.25. The standard InChI is InChI=1S/C21H29N3O4S/c1-14(2)17-13-28-20-6-5-15(11-16(17)20)12-19-18(22-29(3,26)27)7-10-24(19)21(25)23-8-4-9-23/h5-6,11,13-14,18-19,22H,4,7-10,12H2,1-3H3. The maximum absolute atomic E-state index is 12.9. The van der Waals surface area contributed by atoms with Gasteiger partial charge in [-0.05, 0) is 42.9 Å². The number of sulfonamides is 1. The lowest BCUT2D eigenvalue weighted by Crippen LogP contribution is -2.54. The predicted molar refractivity (Wildman–Crippen MR) is 112 cm³/mol. The lowest BCUT2D eigenvalue weighted by molar-refractivity contribution is 0.120. The van der Waals surface area contributed by atoms with Gasteiger partial charge >= 0.3 is 6.03 Å². The van der Waals surface area contributed by atoms with Gasteiger partial charge in [0.25, 0.3) is 0 Å². The molecule has 2 aromatic rings. The number of amides is 2. The first kappa shape index (κ1) is 20.2. The Labute approximate surface area is 172 Å². The summed E-state index contributed by atoms with van der Waals surface area (Å²) in [6.45, 7) is 6.40. The molecule has 4 rings (SSSR count). The summed E-state index contributed by atoms with van der Waals surface area (Å²) in [5.41, 5.74) is 3.09. The van der Waals surface area contributed by atoms with E-state index in [0.717, 1.165) is 41.6 Å². The zero-order valence-corrected chi connectivity index (χ0v) is 18.0. The molecule has 2 atom stereocenters. The highest BCUT2D eigenvalue weighted by atomic mass is 32.2. The van der Waals surface area contributed by atoms with Crippen molar-refractivity contribution in [1.82, 2.24) is 14.5 Å². The van der Waals surface area contributed by atoms with Crippen molar-refractivity contribution < 1.29 is 17.6 Å². The highest BCUT2D eigenvalue weighted by molar-refractivity contribution is 7.88. The predicted octanol–water partition coefficient (Wildman–Crippen LogP) is 2.92. The topological polar surface area (TPSA) is 82.9 Å². The highest BCUT2D eigenvalue weighted by Crippen LogP contribution is 2.30. The molecule has 158 valence electrons. The van der Waals surface area contributed by atoms with Gasteiger partial charge in [-0.1, -0.05) is 19.9 Å². The Balaban J connectivity index is 1.63. The number of hydrogen-bond acceptors (Lipinski definition) is 4. The van der Waals surface area contributed by atoms with E-state index < -0.39 is 10.0 Å². The second kappa shape index (κ2) is 7.65. The summed E-state index contributed by atoms with van der Waals surface area (Å²) in [7, 11) is -3.35. The van der Waals surface area contributed by atoms with Gasteiger partial charge in [-0.25, -0.2) is 17.9 Å². The largest absolute Gasteiger partial charge is 0.464 e. The number of rotatable bonds is 5. The van der Waals surface area contributed by atoms with E-state index in [2.05, 4.69) is 24.6 Å². The number of benzene rings is 1. The van der Waals surface area contributed by atoms with E-state index in [0.29, 0.717) is 25.3 Å². The Morgan fingerprint density at radius 1 is 1.28 bits per heavy atom. The molecule has 1 aromatic heterocycles. The number of nitrogens with one attached hydrogen (secondary N) is 1. The van der Waals surface area contributed by atoms with E-state index in [-0.39, 0.29) is 18.1 Å². The van der Waals surface area contributed by atoms with Crippen LogP contribution in [-0.4, -0.2) is 62.2 Å². The number of carbonyl (C=O) groups excluding carboxylic acids is 1. The summed E-state index contributed by atoms with van der Waals surface area (Å²) in [5.74, 6) is 0.349. The average Bonchev–Trinajstić information content (AvgIpc) is 3.16. The smallest absolute Gasteiger partial charge is 0.320 e. The molecule has 29 heavy (non-hydrogen) atoms. The first-order valence-corrected chi connectivity index (χ1v) is 12.1. The minimum atomic E-state index is -3.35. The van der Waals surface area contributed by atoms with Crippen LogP contribution in [0.1, 0.15) is 43.7 Å². The lowest BCUT2D eigenvalue weighted by Gasteiger charge is -2.37. The molecule has 0 saturated carbocycles. The Bertz CT molecular complexity index is 1010. The van der Waals surface area contributed by atoms with Gasteiger partial charge in [-0.2, -0.15) is 0 Å². The van der Waals surface area contributed by atoms with Crippen LogP contribution < -0.4 is 4.72 Å². The van der Waals surface area contributed by atoms with Crippen LogP contribution in [-0.2, 0) is 16.4 Å². The second-order valence-electron chi connectivity index (χ2n) is 8.55. The molecule has 0 spiro atoms. The molecule has 1 N–H and O–H groups in total. The van der Waals surface area contributed by atoms with Crippen LogP contribution in [0.25, 0.3) is 11.0 Å². The quantitative estimate of drug-likeness (QED) is 0.808. The van der Waals surface area contributed by atoms with Crippen LogP contribution in [0.5, 0.6) is 0 Å². The van der Waals surface area contributed by atoms with Crippen molar-refractivity contribution in [2.75, 3.05) is 25.9 Å². The van der Waals surface area contributed by atoms with Gasteiger partial charge in [0.1, 0.15) is 5.58 Å². The molecule has 8 heteroatoms. The zero-order chi connectivity index (χ0) is 20.8. The average molecular weight is 420 g/mol. The fourth-order valence-electron chi connectivity index (χ4n) is 4.36. The molecule has 3 heterocycles. The molecule has 2 saturated heterocycles. The number of hydrogen-bond donors (Lipinski definition) is 1. The number of urea groups is 1. The van der Waals surface area contributed by atoms with Gasteiger partial charge in [-0.15, -0.1) is 0 Å². The zero-order valence-electron chi connectivity index (χ0n) is 17.2. The van der Waals surface area contributed by atoms with Crippen molar-refractivity contribution in [2.45, 2.75) is 51.1 Å². The third-order valence-electron chi connectivity index (χ3n) is 6.02. The van der Waals surface area contributed by atoms with E-state index in [1.54, 1.807) is 0 Å². The van der Waals surface area contributed by atoms with Crippen molar-refractivity contribution in [3.63, 3.8) is 0 Å². The summed E-state index contributed by atoms with van der Waals surface area (Å²) in [6, 6.07) is 5.64. The summed E-state index contributed by atoms with van der Waals surface area (Å²) < 4.78 is 32.2. The third kappa shape index (κ3) is 4.14. The minimum absolute atomic E-state index is 0.0197. The van der Waals surface area contributed by atoms with Crippen molar-refractivity contribution in [3.05, 3.63) is 35.6 Å². The van der Waals surface area contributed by atoms with Crippen LogP contribution in [0.15, 0.2) is 28.9 Å². The van der Waals surface area contributed by atoms with E-state index in [4.69, 9.17) is 4.42 Å². The van der Waals surface area contributed by atoms with Crippen LogP contribution in [0.4, 0.5) is 4.79 Å². The van der Waals surface area contributed by atoms with Crippen molar-refractivity contribution in [2.24, 2.45) is 0 Å². The van der Waals surface area contributed by atoms with Gasteiger partial charge in [0.05, 0.1) is 18.6 Å². The molecule has 0 bridgehead atoms. The van der Waals surface area contributed by atoms with Gasteiger partial charge in [0, 0.05) is 36.6 Å². The highest BCUT2D eigenvalue weighted by Gasteiger charge is 2.40. The number of fused-ring (bicyclic) bond motifs is 1. The molecule has 2 fully saturated rings. The van der Waals surface area contributed by atoms with E-state index in [1.807, 2.05) is 28.2 Å². The SMILES string of the molecule is CC(C)c1coc2ccc(CC3C(NS(C)(=O)=O)CCN3C(=O)N3CCC3)cc12. The number of nitrogens with zero attached hydrogens (tertiary/aromatic N) is 2. The second-order valence-corrected chi connectivity index (χ2v) is 10.3. The Kier molecular flexibility index (Phi) is 5.33. The van der Waals surface area contributed by atoms with Crippen LogP contribution in [0.3, 0.4) is 0 Å². The van der Waals surface area contributed by atoms with Gasteiger partial charge in [-0.3, -0.25) is 0 Å². The maximum atomic E-state index is 12.9. The molecule has 2 unspecified atom stereocenters. The number of carbonyl (C=O) groups is 1. The van der Waals surface area contributed by atoms with Gasteiger partial charge < -0.3 is 14.2 Å². The fraction of sp³-hybridized carbons (Fsp3) is 0.571. The first-order valence-electron chi connectivity index (χ1n) is 10.3. The summed E-state index contributed by atoms with van der Waals surface area (Å²) in [4.78, 5) is 16.6. The number of likely N-dealkylation sites (tertiary alicyclic amines) is 2. The Morgan fingerprint density at radius 2 is 2.03 bits per heavy atom. The van der Waals surface area contributed by atoms with E-state index in [1.165, 1.54) is 6.26 Å². The fourth-order valence-corrected chi connectivity index (χ4v) is 5.18. The van der Waals surface area contributed by atoms with Gasteiger partial charge in [0.2, 0.25) is 10.0 Å². The van der Waals surface area contributed by atoms with Crippen molar-refractivity contribution >= 4 is 27.0 Å². The van der Waals surface area contributed by atoms with Crippen molar-refractivity contribution in [1.29, 1.82) is 0 Å². The lowest BCUT2D eigenvalue weighted by atomic mass is 9.97. The molecule has 1 aromatic carbocycles. The molecule has 2 aliphatic heterocycles. The van der Waals surface area contributed by atoms with Crippen LogP contribution in [0.2, 0.25) is 0 Å². The number of furan rings is 1. The Morgan fingerprint density at radius 3 is 2.66 bits per heavy atom. The molecule has 0 aliphatic carbocycles. The maximum Gasteiger partial charge on any atom is 0.320 e. The summed E-state index contributed by atoms with van der Waals surface area (Å²) >= 11 is 0. The van der Waals surface area contributed by atoms with E-state index in [9.17, 15) is 13.2 Å². The molecule has 2 amide bonds. The van der Waals surface area contributed by atoms with Crippen LogP contribution >= 0.6 is 0 Å². The third-order valence-corrected chi connectivity index (χ3v) is 6.75. The summed E-state index contributed by atoms with van der Waals surface area (Å²) in [5, 5.41) is 1.09. The molecule has 0 radical (unpaired) electrons.